The van der Waals surface area contributed by atoms with Crippen LogP contribution in [-0.4, -0.2) is 23.4 Å². The van der Waals surface area contributed by atoms with E-state index in [1.807, 2.05) is 0 Å². The summed E-state index contributed by atoms with van der Waals surface area (Å²) in [5.74, 6) is -0.275. The average Bonchev–Trinajstić information content (AvgIpc) is 2.25. The lowest BCUT2D eigenvalue weighted by Gasteiger charge is -2.09. The molecule has 0 saturated heterocycles. The summed E-state index contributed by atoms with van der Waals surface area (Å²) in [6.07, 6.45) is 0.308. The molecule has 1 rings (SSSR count). The quantitative estimate of drug-likeness (QED) is 0.795. The molecule has 100 valence electrons. The first-order chi connectivity index (χ1) is 8.31. The molecule has 0 N–H and O–H groups in total. The molecule has 18 heavy (non-hydrogen) atoms. The number of hydrogen-bond donors (Lipinski definition) is 0. The first-order valence-corrected chi connectivity index (χ1v) is 7.55. The molecule has 0 heterocycles. The molecule has 0 aliphatic heterocycles. The van der Waals surface area contributed by atoms with Gasteiger partial charge in [-0.15, -0.1) is 13.2 Å². The van der Waals surface area contributed by atoms with E-state index in [-0.39, 0.29) is 5.75 Å². The first kappa shape index (κ1) is 15.3. The second kappa shape index (κ2) is 6.40. The van der Waals surface area contributed by atoms with Crippen LogP contribution < -0.4 is 4.74 Å². The molecule has 0 radical (unpaired) electrons. The summed E-state index contributed by atoms with van der Waals surface area (Å²) in [5.41, 5.74) is 0.670. The van der Waals surface area contributed by atoms with E-state index >= 15 is 0 Å². The third-order valence-corrected chi connectivity index (χ3v) is 4.29. The Labute approximate surface area is 110 Å². The molecule has 1 atom stereocenters. The number of hydrogen-bond acceptors (Lipinski definition) is 3. The fourth-order valence-corrected chi connectivity index (χ4v) is 2.66. The number of ether oxygens (including phenoxy) is 1. The van der Waals surface area contributed by atoms with Crippen molar-refractivity contribution >= 4 is 29.0 Å². The molecule has 7 heteroatoms. The van der Waals surface area contributed by atoms with Crippen molar-refractivity contribution in [2.45, 2.75) is 6.36 Å². The smallest absolute Gasteiger partial charge is 0.573 e. The number of halogens is 3. The van der Waals surface area contributed by atoms with Gasteiger partial charge in [0.25, 0.3) is 0 Å². The minimum absolute atomic E-state index is 0.275. The molecule has 0 saturated carbocycles. The van der Waals surface area contributed by atoms with Crippen molar-refractivity contribution in [3.8, 4) is 5.75 Å². The SMILES string of the molecule is CSC(=Cc1ccc(OC(F)(F)F)cc1)[S+](C)[O-]. The number of rotatable bonds is 4. The lowest BCUT2D eigenvalue weighted by atomic mass is 10.2. The van der Waals surface area contributed by atoms with Gasteiger partial charge in [-0.2, -0.15) is 0 Å². The lowest BCUT2D eigenvalue weighted by molar-refractivity contribution is -0.274. The zero-order chi connectivity index (χ0) is 13.8. The Morgan fingerprint density at radius 1 is 1.33 bits per heavy atom. The van der Waals surface area contributed by atoms with Crippen LogP contribution >= 0.6 is 11.8 Å². The van der Waals surface area contributed by atoms with Crippen LogP contribution in [0.15, 0.2) is 28.5 Å². The number of alkyl halides is 3. The van der Waals surface area contributed by atoms with Crippen molar-refractivity contribution in [3.63, 3.8) is 0 Å². The van der Waals surface area contributed by atoms with Crippen LogP contribution in [-0.2, 0) is 11.2 Å². The summed E-state index contributed by atoms with van der Waals surface area (Å²) in [5, 5.41) is 0. The highest BCUT2D eigenvalue weighted by Gasteiger charge is 2.30. The fraction of sp³-hybridized carbons (Fsp3) is 0.273. The molecule has 0 bridgehead atoms. The van der Waals surface area contributed by atoms with Crippen LogP contribution in [0.3, 0.4) is 0 Å². The Morgan fingerprint density at radius 3 is 2.28 bits per heavy atom. The van der Waals surface area contributed by atoms with E-state index in [0.717, 1.165) is 0 Å². The first-order valence-electron chi connectivity index (χ1n) is 4.77. The Bertz CT molecular complexity index is 413. The fourth-order valence-electron chi connectivity index (χ4n) is 1.16. The van der Waals surface area contributed by atoms with Crippen LogP contribution in [0.1, 0.15) is 5.56 Å². The predicted molar refractivity (Wildman–Crippen MR) is 68.7 cm³/mol. The van der Waals surface area contributed by atoms with Crippen LogP contribution in [0, 0.1) is 0 Å². The second-order valence-electron chi connectivity index (χ2n) is 3.24. The van der Waals surface area contributed by atoms with E-state index in [9.17, 15) is 17.7 Å². The third kappa shape index (κ3) is 5.24. The standard InChI is InChI=1S/C11H11F3O2S2/c1-17-10(18(2)15)7-8-3-5-9(6-4-8)16-11(12,13)14/h3-7H,1-2H3. The summed E-state index contributed by atoms with van der Waals surface area (Å²) >= 11 is 0.225. The van der Waals surface area contributed by atoms with Gasteiger partial charge in [0.05, 0.1) is 0 Å². The van der Waals surface area contributed by atoms with Crippen molar-refractivity contribution < 1.29 is 22.5 Å². The van der Waals surface area contributed by atoms with Gasteiger partial charge in [-0.05, 0) is 35.1 Å². The molecule has 0 aliphatic carbocycles. The van der Waals surface area contributed by atoms with Crippen LogP contribution in [0.5, 0.6) is 5.75 Å². The monoisotopic (exact) mass is 296 g/mol. The maximum Gasteiger partial charge on any atom is 0.573 e. The van der Waals surface area contributed by atoms with Gasteiger partial charge in [0.1, 0.15) is 12.0 Å². The van der Waals surface area contributed by atoms with Gasteiger partial charge >= 0.3 is 6.36 Å². The van der Waals surface area contributed by atoms with Crippen molar-refractivity contribution in [2.75, 3.05) is 12.5 Å². The van der Waals surface area contributed by atoms with E-state index in [2.05, 4.69) is 4.74 Å². The maximum atomic E-state index is 11.9. The second-order valence-corrected chi connectivity index (χ2v) is 5.69. The molecular weight excluding hydrogens is 285 g/mol. The molecule has 0 fully saturated rings. The zero-order valence-corrected chi connectivity index (χ0v) is 11.3. The van der Waals surface area contributed by atoms with E-state index in [1.54, 1.807) is 18.6 Å². The van der Waals surface area contributed by atoms with Crippen LogP contribution in [0.4, 0.5) is 13.2 Å². The van der Waals surface area contributed by atoms with Crippen molar-refractivity contribution in [1.82, 2.24) is 0 Å². The van der Waals surface area contributed by atoms with Gasteiger partial charge in [-0.25, -0.2) is 0 Å². The molecule has 0 aromatic heterocycles. The molecule has 0 aliphatic rings. The third-order valence-electron chi connectivity index (χ3n) is 1.88. The van der Waals surface area contributed by atoms with Crippen molar-refractivity contribution in [2.24, 2.45) is 0 Å². The topological polar surface area (TPSA) is 32.3 Å². The molecule has 0 amide bonds. The minimum atomic E-state index is -4.69. The molecule has 1 aromatic carbocycles. The molecule has 1 unspecified atom stereocenters. The number of benzene rings is 1. The molecule has 2 nitrogen and oxygen atoms in total. The summed E-state index contributed by atoms with van der Waals surface area (Å²) in [6.45, 7) is 0. The minimum Gasteiger partial charge on any atom is -0.611 e. The zero-order valence-electron chi connectivity index (χ0n) is 9.65. The van der Waals surface area contributed by atoms with E-state index < -0.39 is 17.5 Å². The van der Waals surface area contributed by atoms with Crippen LogP contribution in [0.25, 0.3) is 6.08 Å². The lowest BCUT2D eigenvalue weighted by Crippen LogP contribution is -2.16. The van der Waals surface area contributed by atoms with Crippen LogP contribution in [0.2, 0.25) is 0 Å². The van der Waals surface area contributed by atoms with Crippen molar-refractivity contribution in [1.29, 1.82) is 0 Å². The predicted octanol–water partition coefficient (Wildman–Crippen LogP) is 3.63. The van der Waals surface area contributed by atoms with E-state index in [0.29, 0.717) is 9.80 Å². The van der Waals surface area contributed by atoms with E-state index in [4.69, 9.17) is 0 Å². The Kier molecular flexibility index (Phi) is 5.43. The van der Waals surface area contributed by atoms with Gasteiger partial charge < -0.3 is 9.29 Å². The normalized spacial score (nSPS) is 14.4. The molecule has 0 spiro atoms. The maximum absolute atomic E-state index is 11.9. The summed E-state index contributed by atoms with van der Waals surface area (Å²) in [7, 11) is 0. The average molecular weight is 296 g/mol. The highest BCUT2D eigenvalue weighted by atomic mass is 32.3. The number of thioether (sulfide) groups is 1. The Balaban J connectivity index is 2.83. The highest BCUT2D eigenvalue weighted by molar-refractivity contribution is 8.18. The summed E-state index contributed by atoms with van der Waals surface area (Å²) < 4.78 is 51.5. The van der Waals surface area contributed by atoms with Gasteiger partial charge in [0.15, 0.2) is 4.24 Å². The highest BCUT2D eigenvalue weighted by Crippen LogP contribution is 2.25. The van der Waals surface area contributed by atoms with E-state index in [1.165, 1.54) is 36.0 Å². The van der Waals surface area contributed by atoms with Gasteiger partial charge in [0, 0.05) is 6.08 Å². The van der Waals surface area contributed by atoms with Gasteiger partial charge in [0.2, 0.25) is 0 Å². The summed E-state index contributed by atoms with van der Waals surface area (Å²) in [6, 6.07) is 5.39. The Hall–Kier alpha value is -0.790. The largest absolute Gasteiger partial charge is 0.611 e. The van der Waals surface area contributed by atoms with Gasteiger partial charge in [-0.3, -0.25) is 0 Å². The molecule has 1 aromatic rings. The van der Waals surface area contributed by atoms with Gasteiger partial charge in [-0.1, -0.05) is 23.9 Å². The summed E-state index contributed by atoms with van der Waals surface area (Å²) in [4.78, 5) is 0. The Morgan fingerprint density at radius 2 is 1.89 bits per heavy atom. The van der Waals surface area contributed by atoms with Crippen molar-refractivity contribution in [3.05, 3.63) is 34.1 Å². The molecular formula is C11H11F3O2S2.